The molecule has 0 spiro atoms. The zero-order valence-corrected chi connectivity index (χ0v) is 11.1. The van der Waals surface area contributed by atoms with Gasteiger partial charge in [-0.25, -0.2) is 13.6 Å². The van der Waals surface area contributed by atoms with Crippen LogP contribution in [0.25, 0.3) is 0 Å². The summed E-state index contributed by atoms with van der Waals surface area (Å²) in [5.41, 5.74) is -0.274. The molecular formula is C8H9ClF3NO3S2. The van der Waals surface area contributed by atoms with E-state index < -0.39 is 39.4 Å². The Bertz CT molecular complexity index is 526. The van der Waals surface area contributed by atoms with Crippen LogP contribution < -0.4 is 5.14 Å². The van der Waals surface area contributed by atoms with Crippen LogP contribution in [0.3, 0.4) is 0 Å². The molecule has 0 aliphatic rings. The van der Waals surface area contributed by atoms with E-state index >= 15 is 0 Å². The van der Waals surface area contributed by atoms with Crippen LogP contribution in [0.1, 0.15) is 17.9 Å². The van der Waals surface area contributed by atoms with Gasteiger partial charge in [-0.1, -0.05) is 11.6 Å². The van der Waals surface area contributed by atoms with Crippen LogP contribution >= 0.6 is 22.9 Å². The van der Waals surface area contributed by atoms with E-state index in [-0.39, 0.29) is 10.6 Å². The molecule has 0 aliphatic carbocycles. The molecule has 0 radical (unpaired) electrons. The van der Waals surface area contributed by atoms with Gasteiger partial charge in [0.25, 0.3) is 0 Å². The molecule has 0 aliphatic heterocycles. The number of hydrogen-bond donors (Lipinski definition) is 2. The molecule has 0 amide bonds. The molecule has 0 fully saturated rings. The zero-order chi connectivity index (χ0) is 14.1. The summed E-state index contributed by atoms with van der Waals surface area (Å²) in [6, 6.07) is 0. The van der Waals surface area contributed by atoms with E-state index in [0.717, 1.165) is 0 Å². The molecule has 0 aromatic carbocycles. The number of alkyl halides is 3. The number of hydrogen-bond acceptors (Lipinski definition) is 4. The van der Waals surface area contributed by atoms with E-state index in [4.69, 9.17) is 21.8 Å². The Morgan fingerprint density at radius 3 is 2.44 bits per heavy atom. The zero-order valence-electron chi connectivity index (χ0n) is 8.74. The smallest absolute Gasteiger partial charge is 0.389 e. The lowest BCUT2D eigenvalue weighted by Gasteiger charge is -2.17. The minimum absolute atomic E-state index is 0.146. The van der Waals surface area contributed by atoms with Crippen molar-refractivity contribution in [3.63, 3.8) is 0 Å². The van der Waals surface area contributed by atoms with Crippen LogP contribution in [0.5, 0.6) is 0 Å². The molecule has 18 heavy (non-hydrogen) atoms. The van der Waals surface area contributed by atoms with Crippen molar-refractivity contribution in [1.82, 2.24) is 0 Å². The summed E-state index contributed by atoms with van der Waals surface area (Å²) >= 11 is 6.29. The predicted octanol–water partition coefficient (Wildman–Crippen LogP) is 2.08. The highest BCUT2D eigenvalue weighted by molar-refractivity contribution is 7.91. The third kappa shape index (κ3) is 3.82. The van der Waals surface area contributed by atoms with Crippen molar-refractivity contribution in [1.29, 1.82) is 0 Å². The Morgan fingerprint density at radius 2 is 2.06 bits per heavy atom. The first-order valence-corrected chi connectivity index (χ1v) is 7.34. The van der Waals surface area contributed by atoms with Crippen molar-refractivity contribution in [2.75, 3.05) is 6.61 Å². The topological polar surface area (TPSA) is 80.4 Å². The lowest BCUT2D eigenvalue weighted by atomic mass is 9.99. The third-order valence-corrected chi connectivity index (χ3v) is 5.06. The average Bonchev–Trinajstić information content (AvgIpc) is 2.54. The molecule has 1 unspecified atom stereocenters. The molecule has 0 saturated heterocycles. The fraction of sp³-hybridized carbons (Fsp3) is 0.500. The summed E-state index contributed by atoms with van der Waals surface area (Å²) in [5, 5.41) is 14.9. The van der Waals surface area contributed by atoms with Crippen LogP contribution in [0.15, 0.2) is 9.59 Å². The number of rotatable bonds is 4. The Labute approximate surface area is 110 Å². The van der Waals surface area contributed by atoms with Gasteiger partial charge in [0.15, 0.2) is 0 Å². The molecular weight excluding hydrogens is 315 g/mol. The Kier molecular flexibility index (Phi) is 4.65. The molecule has 0 bridgehead atoms. The van der Waals surface area contributed by atoms with Crippen molar-refractivity contribution >= 4 is 33.0 Å². The number of aliphatic hydroxyl groups is 1. The molecule has 0 saturated carbocycles. The number of thiophene rings is 1. The predicted molar refractivity (Wildman–Crippen MR) is 61.2 cm³/mol. The molecule has 1 atom stereocenters. The van der Waals surface area contributed by atoms with E-state index in [2.05, 4.69) is 0 Å². The molecule has 104 valence electrons. The fourth-order valence-corrected chi connectivity index (χ4v) is 3.95. The van der Waals surface area contributed by atoms with Crippen LogP contribution in [-0.2, 0) is 10.0 Å². The monoisotopic (exact) mass is 323 g/mol. The van der Waals surface area contributed by atoms with E-state index in [1.165, 1.54) is 5.38 Å². The highest BCUT2D eigenvalue weighted by atomic mass is 35.5. The van der Waals surface area contributed by atoms with Gasteiger partial charge in [0.1, 0.15) is 4.21 Å². The molecule has 1 heterocycles. The third-order valence-electron chi connectivity index (χ3n) is 2.11. The first-order valence-electron chi connectivity index (χ1n) is 4.53. The van der Waals surface area contributed by atoms with Gasteiger partial charge >= 0.3 is 6.18 Å². The second kappa shape index (κ2) is 5.33. The van der Waals surface area contributed by atoms with E-state index in [9.17, 15) is 21.6 Å². The second-order valence-electron chi connectivity index (χ2n) is 3.53. The average molecular weight is 324 g/mol. The van der Waals surface area contributed by atoms with Gasteiger partial charge in [-0.05, 0) is 0 Å². The summed E-state index contributed by atoms with van der Waals surface area (Å²) in [7, 11) is -4.17. The normalized spacial score (nSPS) is 14.8. The van der Waals surface area contributed by atoms with E-state index in [0.29, 0.717) is 11.3 Å². The van der Waals surface area contributed by atoms with Crippen LogP contribution in [0.4, 0.5) is 13.2 Å². The van der Waals surface area contributed by atoms with Crippen LogP contribution in [0, 0.1) is 0 Å². The lowest BCUT2D eigenvalue weighted by Crippen LogP contribution is -2.20. The summed E-state index contributed by atoms with van der Waals surface area (Å²) in [6.07, 6.45) is -5.92. The Hall–Kier alpha value is -0.350. The maximum Gasteiger partial charge on any atom is 0.389 e. The molecule has 1 aromatic heterocycles. The largest absolute Gasteiger partial charge is 0.396 e. The number of primary sulfonamides is 1. The van der Waals surface area contributed by atoms with Gasteiger partial charge in [-0.2, -0.15) is 13.2 Å². The number of nitrogens with two attached hydrogens (primary N) is 1. The first kappa shape index (κ1) is 15.7. The maximum absolute atomic E-state index is 12.3. The van der Waals surface area contributed by atoms with Crippen molar-refractivity contribution < 1.29 is 26.7 Å². The standard InChI is InChI=1S/C8H9ClF3NO3S2/c9-5-3-17-7(18(13,15)16)6(5)4(2-14)1-8(10,11)12/h3-4,14H,1-2H2,(H2,13,15,16). The lowest BCUT2D eigenvalue weighted by molar-refractivity contribution is -0.140. The van der Waals surface area contributed by atoms with E-state index in [1.807, 2.05) is 0 Å². The summed E-state index contributed by atoms with van der Waals surface area (Å²) in [5.74, 6) is -1.45. The first-order chi connectivity index (χ1) is 8.06. The van der Waals surface area contributed by atoms with Crippen molar-refractivity contribution in [3.05, 3.63) is 16.0 Å². The minimum atomic E-state index is -4.55. The maximum atomic E-state index is 12.3. The molecule has 4 nitrogen and oxygen atoms in total. The van der Waals surface area contributed by atoms with Gasteiger partial charge in [0.05, 0.1) is 18.1 Å². The summed E-state index contributed by atoms with van der Waals surface area (Å²) < 4.78 is 58.9. The van der Waals surface area contributed by atoms with Crippen molar-refractivity contribution in [2.45, 2.75) is 22.7 Å². The molecule has 10 heteroatoms. The second-order valence-corrected chi connectivity index (χ2v) is 6.57. The quantitative estimate of drug-likeness (QED) is 0.890. The van der Waals surface area contributed by atoms with Gasteiger partial charge < -0.3 is 5.11 Å². The number of halogens is 4. The fourth-order valence-electron chi connectivity index (χ4n) is 1.45. The highest BCUT2D eigenvalue weighted by Gasteiger charge is 2.36. The Morgan fingerprint density at radius 1 is 1.50 bits per heavy atom. The highest BCUT2D eigenvalue weighted by Crippen LogP contribution is 2.40. The van der Waals surface area contributed by atoms with Gasteiger partial charge in [0, 0.05) is 16.9 Å². The van der Waals surface area contributed by atoms with Crippen LogP contribution in [0.2, 0.25) is 5.02 Å². The van der Waals surface area contributed by atoms with Crippen LogP contribution in [-0.4, -0.2) is 26.3 Å². The molecule has 1 aromatic rings. The minimum Gasteiger partial charge on any atom is -0.396 e. The van der Waals surface area contributed by atoms with Crippen molar-refractivity contribution in [2.24, 2.45) is 5.14 Å². The van der Waals surface area contributed by atoms with Gasteiger partial charge in [-0.3, -0.25) is 0 Å². The molecule has 3 N–H and O–H groups in total. The summed E-state index contributed by atoms with van der Waals surface area (Å²) in [4.78, 5) is 0. The Balaban J connectivity index is 3.26. The van der Waals surface area contributed by atoms with Gasteiger partial charge in [-0.15, -0.1) is 11.3 Å². The summed E-state index contributed by atoms with van der Waals surface area (Å²) in [6.45, 7) is -0.877. The van der Waals surface area contributed by atoms with E-state index in [1.54, 1.807) is 0 Å². The number of sulfonamides is 1. The molecule has 1 rings (SSSR count). The number of aliphatic hydroxyl groups excluding tert-OH is 1. The van der Waals surface area contributed by atoms with Gasteiger partial charge in [0.2, 0.25) is 10.0 Å². The van der Waals surface area contributed by atoms with Crippen molar-refractivity contribution in [3.8, 4) is 0 Å². The SMILES string of the molecule is NS(=O)(=O)c1scc(Cl)c1C(CO)CC(F)(F)F.